The molecule has 0 aliphatic carbocycles. The Morgan fingerprint density at radius 1 is 1.24 bits per heavy atom. The molecule has 0 radical (unpaired) electrons. The highest BCUT2D eigenvalue weighted by molar-refractivity contribution is 5.82. The third kappa shape index (κ3) is 5.00. The Kier molecular flexibility index (Phi) is 6.65. The molecule has 2 saturated heterocycles. The van der Waals surface area contributed by atoms with Gasteiger partial charge in [0.1, 0.15) is 17.7 Å². The number of hydrogen-bond donors (Lipinski definition) is 2. The number of hydrogen-bond acceptors (Lipinski definition) is 7. The molecule has 34 heavy (non-hydrogen) atoms. The number of pyridine rings is 1. The van der Waals surface area contributed by atoms with Crippen LogP contribution in [0.25, 0.3) is 0 Å². The number of aromatic nitrogens is 1. The SMILES string of the molecule is CC(=O)[C@@H]1Cc2cc(NC3CCOC3)c(N3CCC(Oc4ccc(F)cc4F)CC3)nc2CN1. The number of benzene rings is 1. The summed E-state index contributed by atoms with van der Waals surface area (Å²) in [4.78, 5) is 19.2. The minimum atomic E-state index is -0.680. The number of rotatable bonds is 6. The fourth-order valence-electron chi connectivity index (χ4n) is 4.86. The van der Waals surface area contributed by atoms with E-state index in [4.69, 9.17) is 14.5 Å². The van der Waals surface area contributed by atoms with Crippen LogP contribution in [0.15, 0.2) is 24.3 Å². The number of Topliss-reactive ketones (excluding diaryl/α,β-unsaturated/α-hetero) is 1. The normalized spacial score (nSPS) is 23.0. The number of piperidine rings is 1. The van der Waals surface area contributed by atoms with Gasteiger partial charge in [-0.1, -0.05) is 0 Å². The van der Waals surface area contributed by atoms with Crippen molar-refractivity contribution in [3.8, 4) is 5.75 Å². The molecule has 3 aliphatic rings. The Hall–Kier alpha value is -2.78. The van der Waals surface area contributed by atoms with E-state index in [1.54, 1.807) is 6.92 Å². The quantitative estimate of drug-likeness (QED) is 0.669. The summed E-state index contributed by atoms with van der Waals surface area (Å²) in [5, 5.41) is 6.90. The Morgan fingerprint density at radius 2 is 2.06 bits per heavy atom. The number of ketones is 1. The summed E-state index contributed by atoms with van der Waals surface area (Å²) in [7, 11) is 0. The molecule has 0 bridgehead atoms. The molecule has 0 saturated carbocycles. The van der Waals surface area contributed by atoms with Gasteiger partial charge in [-0.05, 0) is 43.5 Å². The van der Waals surface area contributed by atoms with Crippen molar-refractivity contribution in [2.45, 2.75) is 57.3 Å². The minimum absolute atomic E-state index is 0.0847. The van der Waals surface area contributed by atoms with Gasteiger partial charge in [0.2, 0.25) is 0 Å². The summed E-state index contributed by atoms with van der Waals surface area (Å²) >= 11 is 0. The van der Waals surface area contributed by atoms with Crippen LogP contribution in [0.5, 0.6) is 5.75 Å². The topological polar surface area (TPSA) is 75.7 Å². The minimum Gasteiger partial charge on any atom is -0.487 e. The third-order valence-electron chi connectivity index (χ3n) is 6.82. The van der Waals surface area contributed by atoms with E-state index in [0.717, 1.165) is 41.9 Å². The molecular weight excluding hydrogens is 442 g/mol. The number of nitrogens with one attached hydrogen (secondary N) is 2. The van der Waals surface area contributed by atoms with E-state index in [-0.39, 0.29) is 29.7 Å². The molecule has 9 heteroatoms. The standard InChI is InChI=1S/C25H30F2N4O3/c1-15(32)21-10-16-11-22(29-18-6-9-33-14-18)25(30-23(16)13-28-21)31-7-4-19(5-8-31)34-24-3-2-17(26)12-20(24)27/h2-3,11-12,18-19,21,28-29H,4-10,13-14H2,1H3/t18?,21-/m0/s1. The average molecular weight is 473 g/mol. The van der Waals surface area contributed by atoms with E-state index < -0.39 is 11.6 Å². The second-order valence-electron chi connectivity index (χ2n) is 9.30. The first-order valence-corrected chi connectivity index (χ1v) is 11.9. The summed E-state index contributed by atoms with van der Waals surface area (Å²) in [5.41, 5.74) is 3.02. The van der Waals surface area contributed by atoms with Crippen LogP contribution in [0.1, 0.15) is 37.4 Å². The van der Waals surface area contributed by atoms with Crippen LogP contribution in [-0.2, 0) is 22.5 Å². The van der Waals surface area contributed by atoms with Crippen molar-refractivity contribution in [1.82, 2.24) is 10.3 Å². The molecule has 5 rings (SSSR count). The predicted molar refractivity (Wildman–Crippen MR) is 124 cm³/mol. The molecule has 182 valence electrons. The van der Waals surface area contributed by atoms with Gasteiger partial charge in [-0.25, -0.2) is 13.8 Å². The van der Waals surface area contributed by atoms with Crippen molar-refractivity contribution >= 4 is 17.3 Å². The molecule has 2 fully saturated rings. The first-order valence-electron chi connectivity index (χ1n) is 11.9. The Labute approximate surface area is 197 Å². The lowest BCUT2D eigenvalue weighted by molar-refractivity contribution is -0.119. The fourth-order valence-corrected chi connectivity index (χ4v) is 4.86. The van der Waals surface area contributed by atoms with Crippen molar-refractivity contribution in [2.75, 3.05) is 36.5 Å². The van der Waals surface area contributed by atoms with Gasteiger partial charge in [0.05, 0.1) is 30.1 Å². The van der Waals surface area contributed by atoms with Gasteiger partial charge < -0.3 is 25.0 Å². The molecule has 0 amide bonds. The third-order valence-corrected chi connectivity index (χ3v) is 6.82. The number of ether oxygens (including phenoxy) is 2. The number of halogens is 2. The van der Waals surface area contributed by atoms with E-state index in [2.05, 4.69) is 21.6 Å². The van der Waals surface area contributed by atoms with Gasteiger partial charge in [-0.3, -0.25) is 4.79 Å². The van der Waals surface area contributed by atoms with Crippen LogP contribution in [0.2, 0.25) is 0 Å². The molecule has 1 unspecified atom stereocenters. The highest BCUT2D eigenvalue weighted by Crippen LogP contribution is 2.33. The van der Waals surface area contributed by atoms with Gasteiger partial charge in [0, 0.05) is 45.1 Å². The molecule has 2 aromatic rings. The molecule has 2 atom stereocenters. The molecule has 1 aromatic heterocycles. The lowest BCUT2D eigenvalue weighted by Crippen LogP contribution is -2.42. The van der Waals surface area contributed by atoms with Crippen LogP contribution in [-0.4, -0.2) is 55.3 Å². The summed E-state index contributed by atoms with van der Waals surface area (Å²) in [6.45, 7) is 4.99. The molecular formula is C25H30F2N4O3. The maximum Gasteiger partial charge on any atom is 0.167 e. The fraction of sp³-hybridized carbons (Fsp3) is 0.520. The highest BCUT2D eigenvalue weighted by Gasteiger charge is 2.29. The van der Waals surface area contributed by atoms with Crippen molar-refractivity contribution < 1.29 is 23.0 Å². The van der Waals surface area contributed by atoms with Crippen LogP contribution in [0.3, 0.4) is 0 Å². The van der Waals surface area contributed by atoms with Crippen LogP contribution >= 0.6 is 0 Å². The highest BCUT2D eigenvalue weighted by atomic mass is 19.1. The zero-order chi connectivity index (χ0) is 23.7. The van der Waals surface area contributed by atoms with E-state index in [1.807, 2.05) is 0 Å². The zero-order valence-electron chi connectivity index (χ0n) is 19.3. The summed E-state index contributed by atoms with van der Waals surface area (Å²) < 4.78 is 38.6. The molecule has 0 spiro atoms. The summed E-state index contributed by atoms with van der Waals surface area (Å²) in [6.07, 6.45) is 2.82. The number of carbonyl (C=O) groups excluding carboxylic acids is 1. The van der Waals surface area contributed by atoms with Crippen molar-refractivity contribution in [1.29, 1.82) is 0 Å². The Balaban J connectivity index is 1.32. The van der Waals surface area contributed by atoms with Gasteiger partial charge >= 0.3 is 0 Å². The van der Waals surface area contributed by atoms with Crippen LogP contribution in [0.4, 0.5) is 20.3 Å². The molecule has 3 aliphatic heterocycles. The molecule has 7 nitrogen and oxygen atoms in total. The molecule has 4 heterocycles. The zero-order valence-corrected chi connectivity index (χ0v) is 19.3. The summed E-state index contributed by atoms with van der Waals surface area (Å²) in [5.74, 6) is -0.190. The summed E-state index contributed by atoms with van der Waals surface area (Å²) in [6, 6.07) is 5.59. The van der Waals surface area contributed by atoms with Crippen molar-refractivity contribution in [2.24, 2.45) is 0 Å². The lowest BCUT2D eigenvalue weighted by Gasteiger charge is -2.35. The second kappa shape index (κ2) is 9.84. The number of nitrogens with zero attached hydrogens (tertiary/aromatic N) is 2. The van der Waals surface area contributed by atoms with Gasteiger partial charge in [0.15, 0.2) is 17.4 Å². The number of carbonyl (C=O) groups is 1. The van der Waals surface area contributed by atoms with Gasteiger partial charge in [-0.2, -0.15) is 0 Å². The monoisotopic (exact) mass is 472 g/mol. The predicted octanol–water partition coefficient (Wildman–Crippen LogP) is 3.21. The van der Waals surface area contributed by atoms with Gasteiger partial charge in [-0.15, -0.1) is 0 Å². The smallest absolute Gasteiger partial charge is 0.167 e. The van der Waals surface area contributed by atoms with Gasteiger partial charge in [0.25, 0.3) is 0 Å². The van der Waals surface area contributed by atoms with E-state index >= 15 is 0 Å². The number of anilines is 2. The molecule has 2 N–H and O–H groups in total. The number of fused-ring (bicyclic) bond motifs is 1. The van der Waals surface area contributed by atoms with Crippen molar-refractivity contribution in [3.05, 3.63) is 47.2 Å². The maximum atomic E-state index is 14.0. The first kappa shape index (κ1) is 23.0. The van der Waals surface area contributed by atoms with E-state index in [1.165, 1.54) is 12.1 Å². The Morgan fingerprint density at radius 3 is 2.76 bits per heavy atom. The van der Waals surface area contributed by atoms with E-state index in [9.17, 15) is 13.6 Å². The van der Waals surface area contributed by atoms with Crippen LogP contribution < -0.4 is 20.3 Å². The average Bonchev–Trinajstić information content (AvgIpc) is 3.34. The Bertz CT molecular complexity index is 1050. The first-order chi connectivity index (χ1) is 16.5. The van der Waals surface area contributed by atoms with Crippen LogP contribution in [0, 0.1) is 11.6 Å². The molecule has 1 aromatic carbocycles. The second-order valence-corrected chi connectivity index (χ2v) is 9.30. The lowest BCUT2D eigenvalue weighted by atomic mass is 9.96. The largest absolute Gasteiger partial charge is 0.487 e. The van der Waals surface area contributed by atoms with Crippen molar-refractivity contribution in [3.63, 3.8) is 0 Å². The maximum absolute atomic E-state index is 14.0. The van der Waals surface area contributed by atoms with E-state index in [0.29, 0.717) is 45.5 Å².